The topological polar surface area (TPSA) is 63.6 Å². The van der Waals surface area contributed by atoms with Gasteiger partial charge in [-0.2, -0.15) is 0 Å². The van der Waals surface area contributed by atoms with E-state index in [1.54, 1.807) is 0 Å². The van der Waals surface area contributed by atoms with Crippen molar-refractivity contribution in [1.82, 2.24) is 0 Å². The summed E-state index contributed by atoms with van der Waals surface area (Å²) in [6.45, 7) is -0.582. The van der Waals surface area contributed by atoms with Crippen molar-refractivity contribution >= 4 is 35.5 Å². The summed E-state index contributed by atoms with van der Waals surface area (Å²) in [5.74, 6) is -1.18. The van der Waals surface area contributed by atoms with Crippen molar-refractivity contribution in [2.75, 3.05) is 6.61 Å². The standard InChI is InChI=1S/C9H6Cl2O4/c10-6-1-2-7(11)9(5(6)3-12)15-4-8(13)14/h1-3H,4H2,(H,13,14). The highest BCUT2D eigenvalue weighted by Gasteiger charge is 2.13. The molecule has 0 radical (unpaired) electrons. The van der Waals surface area contributed by atoms with Gasteiger partial charge in [-0.3, -0.25) is 4.79 Å². The lowest BCUT2D eigenvalue weighted by atomic mass is 10.2. The zero-order valence-corrected chi connectivity index (χ0v) is 8.88. The van der Waals surface area contributed by atoms with Crippen LogP contribution in [0.3, 0.4) is 0 Å². The number of carboxylic acid groups (broad SMARTS) is 1. The van der Waals surface area contributed by atoms with E-state index in [4.69, 9.17) is 33.0 Å². The van der Waals surface area contributed by atoms with Crippen molar-refractivity contribution < 1.29 is 19.4 Å². The molecule has 1 aromatic carbocycles. The summed E-state index contributed by atoms with van der Waals surface area (Å²) in [7, 11) is 0. The van der Waals surface area contributed by atoms with E-state index in [2.05, 4.69) is 0 Å². The molecule has 0 amide bonds. The normalized spacial score (nSPS) is 9.73. The van der Waals surface area contributed by atoms with Crippen LogP contribution in [0.25, 0.3) is 0 Å². The summed E-state index contributed by atoms with van der Waals surface area (Å²) in [5.41, 5.74) is 0.0467. The maximum atomic E-state index is 10.7. The average molecular weight is 249 g/mol. The number of aldehydes is 1. The van der Waals surface area contributed by atoms with Crippen molar-refractivity contribution in [3.8, 4) is 5.75 Å². The SMILES string of the molecule is O=Cc1c(Cl)ccc(Cl)c1OCC(=O)O. The number of hydrogen-bond donors (Lipinski definition) is 1. The molecule has 0 saturated carbocycles. The van der Waals surface area contributed by atoms with Gasteiger partial charge in [-0.15, -0.1) is 0 Å². The second kappa shape index (κ2) is 5.00. The number of carboxylic acids is 1. The van der Waals surface area contributed by atoms with Gasteiger partial charge in [0.15, 0.2) is 18.6 Å². The first kappa shape index (κ1) is 11.8. The maximum Gasteiger partial charge on any atom is 0.341 e. The smallest absolute Gasteiger partial charge is 0.341 e. The second-order valence-corrected chi connectivity index (χ2v) is 3.39. The minimum atomic E-state index is -1.16. The third-order valence-electron chi connectivity index (χ3n) is 1.55. The van der Waals surface area contributed by atoms with E-state index < -0.39 is 12.6 Å². The van der Waals surface area contributed by atoms with Gasteiger partial charge >= 0.3 is 5.97 Å². The van der Waals surface area contributed by atoms with Crippen LogP contribution in [0.5, 0.6) is 5.75 Å². The number of carbonyl (C=O) groups is 2. The van der Waals surface area contributed by atoms with Gasteiger partial charge in [-0.05, 0) is 12.1 Å². The minimum absolute atomic E-state index is 0.0124. The molecule has 0 fully saturated rings. The van der Waals surface area contributed by atoms with Crippen molar-refractivity contribution in [1.29, 1.82) is 0 Å². The summed E-state index contributed by atoms with van der Waals surface area (Å²) < 4.78 is 4.85. The molecule has 0 aromatic heterocycles. The van der Waals surface area contributed by atoms with E-state index in [0.29, 0.717) is 6.29 Å². The Morgan fingerprint density at radius 1 is 1.40 bits per heavy atom. The molecule has 0 bridgehead atoms. The number of rotatable bonds is 4. The number of benzene rings is 1. The van der Waals surface area contributed by atoms with Gasteiger partial charge in [-0.25, -0.2) is 4.79 Å². The average Bonchev–Trinajstić information content (AvgIpc) is 2.19. The van der Waals surface area contributed by atoms with Crippen molar-refractivity contribution in [2.45, 2.75) is 0 Å². The molecule has 0 saturated heterocycles. The number of ether oxygens (including phenoxy) is 1. The molecule has 0 atom stereocenters. The van der Waals surface area contributed by atoms with Gasteiger partial charge in [0, 0.05) is 0 Å². The molecule has 0 spiro atoms. The van der Waals surface area contributed by atoms with Gasteiger partial charge < -0.3 is 9.84 Å². The summed E-state index contributed by atoms with van der Waals surface area (Å²) in [4.78, 5) is 21.0. The quantitative estimate of drug-likeness (QED) is 0.831. The molecule has 15 heavy (non-hydrogen) atoms. The summed E-state index contributed by atoms with van der Waals surface area (Å²) in [5, 5.41) is 8.71. The molecule has 0 aliphatic rings. The molecule has 4 nitrogen and oxygen atoms in total. The van der Waals surface area contributed by atoms with Crippen LogP contribution in [0.4, 0.5) is 0 Å². The van der Waals surface area contributed by atoms with Crippen molar-refractivity contribution in [3.05, 3.63) is 27.7 Å². The van der Waals surface area contributed by atoms with Gasteiger partial charge in [0.1, 0.15) is 0 Å². The molecule has 0 aliphatic carbocycles. The lowest BCUT2D eigenvalue weighted by Gasteiger charge is -2.08. The fourth-order valence-corrected chi connectivity index (χ4v) is 1.35. The first-order valence-corrected chi connectivity index (χ1v) is 4.59. The van der Waals surface area contributed by atoms with Crippen LogP contribution in [-0.4, -0.2) is 24.0 Å². The molecule has 1 aromatic rings. The Morgan fingerprint density at radius 3 is 2.53 bits per heavy atom. The van der Waals surface area contributed by atoms with Crippen LogP contribution in [0.2, 0.25) is 10.0 Å². The van der Waals surface area contributed by atoms with Crippen LogP contribution in [-0.2, 0) is 4.79 Å². The fourth-order valence-electron chi connectivity index (χ4n) is 0.939. The number of halogens is 2. The van der Waals surface area contributed by atoms with E-state index in [9.17, 15) is 9.59 Å². The van der Waals surface area contributed by atoms with E-state index in [0.717, 1.165) is 0 Å². The lowest BCUT2D eigenvalue weighted by molar-refractivity contribution is -0.139. The monoisotopic (exact) mass is 248 g/mol. The van der Waals surface area contributed by atoms with E-state index in [-0.39, 0.29) is 21.4 Å². The van der Waals surface area contributed by atoms with E-state index >= 15 is 0 Å². The van der Waals surface area contributed by atoms with Gasteiger partial charge in [-0.1, -0.05) is 23.2 Å². The zero-order valence-electron chi connectivity index (χ0n) is 7.37. The molecule has 1 N–H and O–H groups in total. The fraction of sp³-hybridized carbons (Fsp3) is 0.111. The Kier molecular flexibility index (Phi) is 3.94. The summed E-state index contributed by atoms with van der Waals surface area (Å²) in [6, 6.07) is 2.86. The predicted octanol–water partition coefficient (Wildman–Crippen LogP) is 2.27. The minimum Gasteiger partial charge on any atom is -0.480 e. The van der Waals surface area contributed by atoms with Crippen LogP contribution >= 0.6 is 23.2 Å². The lowest BCUT2D eigenvalue weighted by Crippen LogP contribution is -2.11. The Hall–Kier alpha value is -1.26. The highest BCUT2D eigenvalue weighted by Crippen LogP contribution is 2.32. The largest absolute Gasteiger partial charge is 0.480 e. The molecule has 0 unspecified atom stereocenters. The molecular formula is C9H6Cl2O4. The number of carbonyl (C=O) groups excluding carboxylic acids is 1. The molecule has 0 heterocycles. The van der Waals surface area contributed by atoms with Crippen molar-refractivity contribution in [3.63, 3.8) is 0 Å². The Balaban J connectivity index is 3.07. The Labute approximate surface area is 95.4 Å². The van der Waals surface area contributed by atoms with E-state index in [1.165, 1.54) is 12.1 Å². The molecule has 6 heteroatoms. The highest BCUT2D eigenvalue weighted by atomic mass is 35.5. The zero-order chi connectivity index (χ0) is 11.4. The molecular weight excluding hydrogens is 243 g/mol. The number of aliphatic carboxylic acids is 1. The number of hydrogen-bond acceptors (Lipinski definition) is 3. The van der Waals surface area contributed by atoms with Crippen molar-refractivity contribution in [2.24, 2.45) is 0 Å². The van der Waals surface area contributed by atoms with Crippen LogP contribution < -0.4 is 4.74 Å². The molecule has 1 rings (SSSR count). The Morgan fingerprint density at radius 2 is 2.00 bits per heavy atom. The highest BCUT2D eigenvalue weighted by molar-refractivity contribution is 6.36. The summed E-state index contributed by atoms with van der Waals surface area (Å²) >= 11 is 11.4. The third kappa shape index (κ3) is 2.84. The molecule has 0 aliphatic heterocycles. The van der Waals surface area contributed by atoms with Gasteiger partial charge in [0.25, 0.3) is 0 Å². The maximum absolute atomic E-state index is 10.7. The van der Waals surface area contributed by atoms with Gasteiger partial charge in [0.2, 0.25) is 0 Å². The van der Waals surface area contributed by atoms with Gasteiger partial charge in [0.05, 0.1) is 15.6 Å². The third-order valence-corrected chi connectivity index (χ3v) is 2.18. The molecule has 80 valence electrons. The van der Waals surface area contributed by atoms with Crippen LogP contribution in [0.15, 0.2) is 12.1 Å². The predicted molar refractivity (Wildman–Crippen MR) is 55.0 cm³/mol. The Bertz CT molecular complexity index is 403. The summed E-state index contributed by atoms with van der Waals surface area (Å²) in [6.07, 6.45) is 0.464. The first-order chi connectivity index (χ1) is 7.06. The van der Waals surface area contributed by atoms with Crippen LogP contribution in [0, 0.1) is 0 Å². The van der Waals surface area contributed by atoms with E-state index in [1.807, 2.05) is 0 Å². The van der Waals surface area contributed by atoms with Crippen LogP contribution in [0.1, 0.15) is 10.4 Å². The first-order valence-electron chi connectivity index (χ1n) is 3.84. The second-order valence-electron chi connectivity index (χ2n) is 2.57.